The number of rotatable bonds is 3. The van der Waals surface area contributed by atoms with Gasteiger partial charge in [0.1, 0.15) is 0 Å². The molecular weight excluding hydrogens is 224 g/mol. The first kappa shape index (κ1) is 9.76. The summed E-state index contributed by atoms with van der Waals surface area (Å²) >= 11 is 3.51. The fourth-order valence-corrected chi connectivity index (χ4v) is 3.31. The van der Waals surface area contributed by atoms with E-state index >= 15 is 0 Å². The SMILES string of the molecule is CC1(C)C2CC=C(CCCBr)C1C2. The van der Waals surface area contributed by atoms with Gasteiger partial charge in [-0.15, -0.1) is 0 Å². The highest BCUT2D eigenvalue weighted by atomic mass is 79.9. The number of hydrogen-bond donors (Lipinski definition) is 0. The maximum absolute atomic E-state index is 3.51. The third-order valence-electron chi connectivity index (χ3n) is 4.18. The highest BCUT2D eigenvalue weighted by Crippen LogP contribution is 2.59. The van der Waals surface area contributed by atoms with E-state index in [-0.39, 0.29) is 0 Å². The van der Waals surface area contributed by atoms with E-state index in [9.17, 15) is 0 Å². The van der Waals surface area contributed by atoms with Gasteiger partial charge in [-0.3, -0.25) is 0 Å². The summed E-state index contributed by atoms with van der Waals surface area (Å²) in [7, 11) is 0. The predicted octanol–water partition coefficient (Wildman–Crippen LogP) is 4.15. The van der Waals surface area contributed by atoms with Gasteiger partial charge in [0, 0.05) is 5.33 Å². The van der Waals surface area contributed by atoms with Gasteiger partial charge in [0.2, 0.25) is 0 Å². The second kappa shape index (κ2) is 3.42. The number of allylic oxidation sites excluding steroid dienone is 2. The Hall–Kier alpha value is 0.220. The monoisotopic (exact) mass is 242 g/mol. The van der Waals surface area contributed by atoms with Crippen LogP contribution in [0.4, 0.5) is 0 Å². The van der Waals surface area contributed by atoms with E-state index in [1.165, 1.54) is 25.7 Å². The molecule has 13 heavy (non-hydrogen) atoms. The lowest BCUT2D eigenvalue weighted by molar-refractivity contribution is -0.00821. The Balaban J connectivity index is 2.01. The fourth-order valence-electron chi connectivity index (χ4n) is 3.03. The summed E-state index contributed by atoms with van der Waals surface area (Å²) < 4.78 is 0. The van der Waals surface area contributed by atoms with Gasteiger partial charge in [0.05, 0.1) is 0 Å². The summed E-state index contributed by atoms with van der Waals surface area (Å²) in [6.07, 6.45) is 7.98. The molecule has 1 saturated carbocycles. The number of hydrogen-bond acceptors (Lipinski definition) is 0. The van der Waals surface area contributed by atoms with Crippen LogP contribution in [0.3, 0.4) is 0 Å². The second-order valence-electron chi connectivity index (χ2n) is 5.11. The Bertz CT molecular complexity index is 227. The van der Waals surface area contributed by atoms with E-state index in [1.807, 2.05) is 0 Å². The lowest BCUT2D eigenvalue weighted by Gasteiger charge is -2.56. The zero-order valence-corrected chi connectivity index (χ0v) is 10.2. The second-order valence-corrected chi connectivity index (χ2v) is 5.91. The molecule has 0 aromatic carbocycles. The van der Waals surface area contributed by atoms with E-state index in [1.54, 1.807) is 5.57 Å². The van der Waals surface area contributed by atoms with Gasteiger partial charge in [-0.05, 0) is 42.9 Å². The normalized spacial score (nSPS) is 35.2. The first-order valence-corrected chi connectivity index (χ1v) is 6.53. The average Bonchev–Trinajstić information content (AvgIpc) is 2.14. The molecule has 3 aliphatic carbocycles. The Kier molecular flexibility index (Phi) is 2.57. The van der Waals surface area contributed by atoms with Crippen LogP contribution < -0.4 is 0 Å². The molecule has 0 nitrogen and oxygen atoms in total. The molecule has 0 amide bonds. The van der Waals surface area contributed by atoms with Crippen molar-refractivity contribution >= 4 is 15.9 Å². The van der Waals surface area contributed by atoms with Crippen LogP contribution in [0.2, 0.25) is 0 Å². The van der Waals surface area contributed by atoms with Gasteiger partial charge in [-0.1, -0.05) is 41.4 Å². The molecule has 74 valence electrons. The minimum Gasteiger partial charge on any atom is -0.0928 e. The molecule has 2 unspecified atom stereocenters. The molecule has 0 radical (unpaired) electrons. The van der Waals surface area contributed by atoms with Crippen LogP contribution in [0.5, 0.6) is 0 Å². The third-order valence-corrected chi connectivity index (χ3v) is 4.74. The van der Waals surface area contributed by atoms with E-state index in [0.717, 1.165) is 17.2 Å². The Morgan fingerprint density at radius 3 is 2.85 bits per heavy atom. The van der Waals surface area contributed by atoms with Gasteiger partial charge in [-0.25, -0.2) is 0 Å². The summed E-state index contributed by atoms with van der Waals surface area (Å²) in [6, 6.07) is 0. The van der Waals surface area contributed by atoms with E-state index in [2.05, 4.69) is 35.9 Å². The summed E-state index contributed by atoms with van der Waals surface area (Å²) in [5.74, 6) is 1.91. The largest absolute Gasteiger partial charge is 0.0928 e. The molecule has 3 aliphatic rings. The maximum atomic E-state index is 3.51. The molecule has 1 fully saturated rings. The first-order chi connectivity index (χ1) is 6.16. The summed E-state index contributed by atoms with van der Waals surface area (Å²) in [6.45, 7) is 4.90. The zero-order chi connectivity index (χ0) is 9.47. The molecule has 2 atom stereocenters. The molecule has 0 N–H and O–H groups in total. The molecule has 3 rings (SSSR count). The minimum absolute atomic E-state index is 0.621. The summed E-state index contributed by atoms with van der Waals surface area (Å²) in [4.78, 5) is 0. The Labute approximate surface area is 89.9 Å². The molecule has 0 aromatic heterocycles. The van der Waals surface area contributed by atoms with Gasteiger partial charge in [0.25, 0.3) is 0 Å². The predicted molar refractivity (Wildman–Crippen MR) is 61.1 cm³/mol. The van der Waals surface area contributed by atoms with Crippen LogP contribution >= 0.6 is 15.9 Å². The first-order valence-electron chi connectivity index (χ1n) is 5.41. The van der Waals surface area contributed by atoms with Crippen molar-refractivity contribution in [1.29, 1.82) is 0 Å². The molecule has 0 spiro atoms. The molecule has 0 saturated heterocycles. The number of fused-ring (bicyclic) bond motifs is 1. The van der Waals surface area contributed by atoms with Crippen molar-refractivity contribution < 1.29 is 0 Å². The van der Waals surface area contributed by atoms with Crippen LogP contribution in [-0.4, -0.2) is 5.33 Å². The Morgan fingerprint density at radius 1 is 1.54 bits per heavy atom. The smallest absolute Gasteiger partial charge is 0.00343 e. The Morgan fingerprint density at radius 2 is 2.31 bits per heavy atom. The standard InChI is InChI=1S/C12H19Br/c1-12(2)10-6-5-9(4-3-7-13)11(12)8-10/h5,10-11H,3-4,6-8H2,1-2H3. The molecule has 0 heterocycles. The average molecular weight is 243 g/mol. The molecule has 2 bridgehead atoms. The topological polar surface area (TPSA) is 0 Å². The van der Waals surface area contributed by atoms with Crippen molar-refractivity contribution in [2.75, 3.05) is 5.33 Å². The van der Waals surface area contributed by atoms with Crippen LogP contribution in [0.1, 0.15) is 39.5 Å². The van der Waals surface area contributed by atoms with Crippen LogP contribution in [0.15, 0.2) is 11.6 Å². The quantitative estimate of drug-likeness (QED) is 0.516. The van der Waals surface area contributed by atoms with Gasteiger partial charge in [0.15, 0.2) is 0 Å². The lowest BCUT2D eigenvalue weighted by atomic mass is 9.48. The number of alkyl halides is 1. The van der Waals surface area contributed by atoms with Crippen molar-refractivity contribution in [3.05, 3.63) is 11.6 Å². The van der Waals surface area contributed by atoms with Crippen LogP contribution in [0.25, 0.3) is 0 Å². The van der Waals surface area contributed by atoms with Crippen LogP contribution in [0, 0.1) is 17.3 Å². The third kappa shape index (κ3) is 1.49. The molecule has 0 aliphatic heterocycles. The maximum Gasteiger partial charge on any atom is 0.00343 e. The highest BCUT2D eigenvalue weighted by molar-refractivity contribution is 9.09. The molecular formula is C12H19Br. The zero-order valence-electron chi connectivity index (χ0n) is 8.65. The van der Waals surface area contributed by atoms with Crippen molar-refractivity contribution in [3.63, 3.8) is 0 Å². The van der Waals surface area contributed by atoms with Crippen LogP contribution in [-0.2, 0) is 0 Å². The van der Waals surface area contributed by atoms with Crippen molar-refractivity contribution in [2.24, 2.45) is 17.3 Å². The molecule has 1 heteroatoms. The van der Waals surface area contributed by atoms with E-state index in [4.69, 9.17) is 0 Å². The van der Waals surface area contributed by atoms with Crippen molar-refractivity contribution in [1.82, 2.24) is 0 Å². The summed E-state index contributed by atoms with van der Waals surface area (Å²) in [5, 5.41) is 1.15. The van der Waals surface area contributed by atoms with Crippen molar-refractivity contribution in [2.45, 2.75) is 39.5 Å². The lowest BCUT2D eigenvalue weighted by Crippen LogP contribution is -2.48. The van der Waals surface area contributed by atoms with Gasteiger partial charge < -0.3 is 0 Å². The fraction of sp³-hybridized carbons (Fsp3) is 0.833. The van der Waals surface area contributed by atoms with E-state index < -0.39 is 0 Å². The minimum atomic E-state index is 0.621. The number of halogens is 1. The van der Waals surface area contributed by atoms with Crippen molar-refractivity contribution in [3.8, 4) is 0 Å². The van der Waals surface area contributed by atoms with Gasteiger partial charge in [-0.2, -0.15) is 0 Å². The van der Waals surface area contributed by atoms with Gasteiger partial charge >= 0.3 is 0 Å². The van der Waals surface area contributed by atoms with E-state index in [0.29, 0.717) is 5.41 Å². The summed E-state index contributed by atoms with van der Waals surface area (Å²) in [5.41, 5.74) is 2.38. The highest BCUT2D eigenvalue weighted by Gasteiger charge is 2.50. The molecule has 0 aromatic rings.